The van der Waals surface area contributed by atoms with Gasteiger partial charge in [-0.25, -0.2) is 4.98 Å². The molecule has 5 nitrogen and oxygen atoms in total. The van der Waals surface area contributed by atoms with Crippen LogP contribution in [-0.4, -0.2) is 15.8 Å². The highest BCUT2D eigenvalue weighted by molar-refractivity contribution is 9.10. The summed E-state index contributed by atoms with van der Waals surface area (Å²) in [5.41, 5.74) is 2.35. The molecule has 24 heavy (non-hydrogen) atoms. The van der Waals surface area contributed by atoms with E-state index in [9.17, 15) is 4.79 Å². The smallest absolute Gasteiger partial charge is 0.229 e. The molecule has 3 aromatic rings. The number of hydrogen-bond acceptors (Lipinski definition) is 5. The van der Waals surface area contributed by atoms with Crippen molar-refractivity contribution < 1.29 is 4.79 Å². The molecule has 0 fully saturated rings. The summed E-state index contributed by atoms with van der Waals surface area (Å²) >= 11 is 3.40. The number of nitrogens with zero attached hydrogens (tertiary/aromatic N) is 2. The second-order valence-electron chi connectivity index (χ2n) is 5.16. The molecular formula is C18H15BrN4O. The van der Waals surface area contributed by atoms with Crippen LogP contribution >= 0.6 is 15.9 Å². The van der Waals surface area contributed by atoms with Crippen LogP contribution in [0.15, 0.2) is 65.3 Å². The highest BCUT2D eigenvalue weighted by atomic mass is 79.9. The Balaban J connectivity index is 1.76. The third kappa shape index (κ3) is 4.17. The zero-order valence-electron chi connectivity index (χ0n) is 13.0. The molecule has 6 heteroatoms. The molecule has 0 bridgehead atoms. The van der Waals surface area contributed by atoms with Crippen LogP contribution in [-0.2, 0) is 0 Å². The van der Waals surface area contributed by atoms with E-state index in [0.717, 1.165) is 15.8 Å². The van der Waals surface area contributed by atoms with Crippen LogP contribution in [0.2, 0.25) is 0 Å². The van der Waals surface area contributed by atoms with Crippen molar-refractivity contribution in [1.29, 1.82) is 0 Å². The Hall–Kier alpha value is -2.73. The average Bonchev–Trinajstić information content (AvgIpc) is 2.57. The Labute approximate surface area is 148 Å². The van der Waals surface area contributed by atoms with E-state index in [1.807, 2.05) is 36.4 Å². The Kier molecular flexibility index (Phi) is 4.86. The molecular weight excluding hydrogens is 368 g/mol. The van der Waals surface area contributed by atoms with Crippen LogP contribution in [0.5, 0.6) is 0 Å². The molecule has 3 rings (SSSR count). The fourth-order valence-electron chi connectivity index (χ4n) is 2.11. The quantitative estimate of drug-likeness (QED) is 0.612. The van der Waals surface area contributed by atoms with E-state index in [1.165, 1.54) is 0 Å². The molecule has 0 saturated carbocycles. The molecule has 0 radical (unpaired) electrons. The molecule has 1 aromatic heterocycles. The largest absolute Gasteiger partial charge is 0.340 e. The minimum absolute atomic E-state index is 0.0268. The van der Waals surface area contributed by atoms with Crippen molar-refractivity contribution in [1.82, 2.24) is 9.97 Å². The third-order valence-corrected chi connectivity index (χ3v) is 3.83. The number of halogens is 1. The highest BCUT2D eigenvalue weighted by Gasteiger charge is 2.03. The molecule has 0 saturated heterocycles. The summed E-state index contributed by atoms with van der Waals surface area (Å²) in [5.74, 6) is 1.16. The monoisotopic (exact) mass is 382 g/mol. The van der Waals surface area contributed by atoms with Crippen molar-refractivity contribution in [3.63, 3.8) is 0 Å². The van der Waals surface area contributed by atoms with Gasteiger partial charge in [-0.05, 0) is 49.4 Å². The lowest BCUT2D eigenvalue weighted by Crippen LogP contribution is -2.01. The van der Waals surface area contributed by atoms with Crippen LogP contribution in [0.25, 0.3) is 0 Å². The summed E-state index contributed by atoms with van der Waals surface area (Å²) in [6, 6.07) is 16.8. The van der Waals surface area contributed by atoms with E-state index in [1.54, 1.807) is 31.3 Å². The minimum atomic E-state index is 0.0268. The van der Waals surface area contributed by atoms with Crippen molar-refractivity contribution in [3.05, 3.63) is 70.8 Å². The Morgan fingerprint density at radius 3 is 2.54 bits per heavy atom. The van der Waals surface area contributed by atoms with Crippen molar-refractivity contribution in [2.24, 2.45) is 0 Å². The topological polar surface area (TPSA) is 66.9 Å². The molecule has 0 atom stereocenters. The van der Waals surface area contributed by atoms with Crippen LogP contribution in [0, 0.1) is 0 Å². The number of rotatable bonds is 5. The van der Waals surface area contributed by atoms with E-state index in [4.69, 9.17) is 0 Å². The van der Waals surface area contributed by atoms with Gasteiger partial charge in [0.2, 0.25) is 5.95 Å². The fourth-order valence-corrected chi connectivity index (χ4v) is 2.38. The van der Waals surface area contributed by atoms with E-state index in [-0.39, 0.29) is 5.78 Å². The minimum Gasteiger partial charge on any atom is -0.340 e. The number of nitrogens with one attached hydrogen (secondary N) is 2. The predicted octanol–water partition coefficient (Wildman–Crippen LogP) is 4.93. The van der Waals surface area contributed by atoms with Crippen molar-refractivity contribution in [3.8, 4) is 0 Å². The first-order valence-electron chi connectivity index (χ1n) is 7.34. The second kappa shape index (κ2) is 7.23. The van der Waals surface area contributed by atoms with Gasteiger partial charge < -0.3 is 10.6 Å². The first-order chi connectivity index (χ1) is 11.6. The van der Waals surface area contributed by atoms with Gasteiger partial charge in [-0.3, -0.25) is 4.79 Å². The van der Waals surface area contributed by atoms with E-state index >= 15 is 0 Å². The second-order valence-corrected chi connectivity index (χ2v) is 6.08. The Bertz CT molecular complexity index is 865. The van der Waals surface area contributed by atoms with E-state index < -0.39 is 0 Å². The van der Waals surface area contributed by atoms with Crippen LogP contribution in [0.4, 0.5) is 23.1 Å². The summed E-state index contributed by atoms with van der Waals surface area (Å²) in [6.07, 6.45) is 1.67. The molecule has 0 spiro atoms. The van der Waals surface area contributed by atoms with Gasteiger partial charge in [-0.15, -0.1) is 0 Å². The number of benzene rings is 2. The molecule has 0 unspecified atom stereocenters. The van der Waals surface area contributed by atoms with E-state index in [2.05, 4.69) is 36.5 Å². The zero-order chi connectivity index (χ0) is 16.9. The number of ketones is 1. The lowest BCUT2D eigenvalue weighted by molar-refractivity contribution is 0.101. The number of aromatic nitrogens is 2. The average molecular weight is 383 g/mol. The number of anilines is 4. The summed E-state index contributed by atoms with van der Waals surface area (Å²) in [6.45, 7) is 1.55. The maximum absolute atomic E-state index is 11.5. The summed E-state index contributed by atoms with van der Waals surface area (Å²) in [7, 11) is 0. The molecule has 0 aliphatic carbocycles. The lowest BCUT2D eigenvalue weighted by Gasteiger charge is -2.09. The SMILES string of the molecule is CC(=O)c1cccc(Nc2ccnc(Nc3ccc(Br)cc3)n2)c1. The van der Waals surface area contributed by atoms with Gasteiger partial charge in [0, 0.05) is 27.6 Å². The molecule has 0 aliphatic heterocycles. The predicted molar refractivity (Wildman–Crippen MR) is 99.2 cm³/mol. The maximum atomic E-state index is 11.5. The Morgan fingerprint density at radius 2 is 1.79 bits per heavy atom. The molecule has 0 amide bonds. The van der Waals surface area contributed by atoms with Gasteiger partial charge >= 0.3 is 0 Å². The van der Waals surface area contributed by atoms with Gasteiger partial charge in [-0.2, -0.15) is 4.98 Å². The van der Waals surface area contributed by atoms with Gasteiger partial charge in [-0.1, -0.05) is 28.1 Å². The van der Waals surface area contributed by atoms with Gasteiger partial charge in [0.05, 0.1) is 0 Å². The lowest BCUT2D eigenvalue weighted by atomic mass is 10.1. The highest BCUT2D eigenvalue weighted by Crippen LogP contribution is 2.20. The van der Waals surface area contributed by atoms with E-state index in [0.29, 0.717) is 17.3 Å². The van der Waals surface area contributed by atoms with Crippen molar-refractivity contribution in [2.75, 3.05) is 10.6 Å². The number of carbonyl (C=O) groups excluding carboxylic acids is 1. The number of Topliss-reactive ketones (excluding diaryl/α,β-unsaturated/α-hetero) is 1. The number of hydrogen-bond donors (Lipinski definition) is 2. The van der Waals surface area contributed by atoms with Crippen LogP contribution in [0.3, 0.4) is 0 Å². The molecule has 2 N–H and O–H groups in total. The fraction of sp³-hybridized carbons (Fsp3) is 0.0556. The zero-order valence-corrected chi connectivity index (χ0v) is 14.5. The van der Waals surface area contributed by atoms with Crippen molar-refractivity contribution >= 4 is 44.9 Å². The molecule has 120 valence electrons. The first kappa shape index (κ1) is 16.1. The number of carbonyl (C=O) groups is 1. The molecule has 1 heterocycles. The summed E-state index contributed by atoms with van der Waals surface area (Å²) in [4.78, 5) is 20.1. The standard InChI is InChI=1S/C18H15BrN4O/c1-12(24)13-3-2-4-16(11-13)21-17-9-10-20-18(23-17)22-15-7-5-14(19)6-8-15/h2-11H,1H3,(H2,20,21,22,23). The molecule has 0 aliphatic rings. The van der Waals surface area contributed by atoms with Gasteiger partial charge in [0.15, 0.2) is 5.78 Å². The Morgan fingerprint density at radius 1 is 1.00 bits per heavy atom. The summed E-state index contributed by atoms with van der Waals surface area (Å²) < 4.78 is 1.01. The normalized spacial score (nSPS) is 10.2. The first-order valence-corrected chi connectivity index (χ1v) is 8.13. The third-order valence-electron chi connectivity index (χ3n) is 3.30. The van der Waals surface area contributed by atoms with Crippen LogP contribution < -0.4 is 10.6 Å². The van der Waals surface area contributed by atoms with Gasteiger partial charge in [0.1, 0.15) is 5.82 Å². The van der Waals surface area contributed by atoms with Crippen molar-refractivity contribution in [2.45, 2.75) is 6.92 Å². The van der Waals surface area contributed by atoms with Gasteiger partial charge in [0.25, 0.3) is 0 Å². The summed E-state index contributed by atoms with van der Waals surface area (Å²) in [5, 5.41) is 6.33. The molecule has 2 aromatic carbocycles. The maximum Gasteiger partial charge on any atom is 0.229 e. The van der Waals surface area contributed by atoms with Crippen LogP contribution in [0.1, 0.15) is 17.3 Å².